The molecule has 1 aliphatic heterocycles. The normalized spacial score (nSPS) is 20.4. The summed E-state index contributed by atoms with van der Waals surface area (Å²) in [5.74, 6) is 0.756. The lowest BCUT2D eigenvalue weighted by Gasteiger charge is -2.11. The molecule has 4 nitrogen and oxygen atoms in total. The monoisotopic (exact) mass is 258 g/mol. The predicted octanol–water partition coefficient (Wildman–Crippen LogP) is 1.68. The van der Waals surface area contributed by atoms with E-state index in [1.807, 2.05) is 6.07 Å². The van der Waals surface area contributed by atoms with Gasteiger partial charge in [-0.1, -0.05) is 13.0 Å². The Balaban J connectivity index is 1.79. The lowest BCUT2D eigenvalue weighted by Crippen LogP contribution is -2.20. The van der Waals surface area contributed by atoms with Gasteiger partial charge < -0.3 is 15.0 Å². The number of hydrogen-bond acceptors (Lipinski definition) is 3. The summed E-state index contributed by atoms with van der Waals surface area (Å²) in [5.41, 5.74) is 9.10. The van der Waals surface area contributed by atoms with Gasteiger partial charge in [-0.25, -0.2) is 4.98 Å². The van der Waals surface area contributed by atoms with Gasteiger partial charge in [0.05, 0.1) is 5.69 Å². The van der Waals surface area contributed by atoms with E-state index in [9.17, 15) is 0 Å². The van der Waals surface area contributed by atoms with Crippen molar-refractivity contribution in [2.75, 3.05) is 19.6 Å². The zero-order valence-corrected chi connectivity index (χ0v) is 11.5. The fraction of sp³-hybridized carbons (Fsp3) is 0.533. The van der Waals surface area contributed by atoms with Gasteiger partial charge in [-0.05, 0) is 37.9 Å². The van der Waals surface area contributed by atoms with Gasteiger partial charge >= 0.3 is 0 Å². The van der Waals surface area contributed by atoms with Gasteiger partial charge in [-0.3, -0.25) is 0 Å². The topological polar surface area (TPSA) is 46.6 Å². The van der Waals surface area contributed by atoms with Gasteiger partial charge in [0.1, 0.15) is 5.65 Å². The van der Waals surface area contributed by atoms with E-state index in [0.717, 1.165) is 23.5 Å². The number of pyridine rings is 1. The summed E-state index contributed by atoms with van der Waals surface area (Å²) < 4.78 is 2.10. The van der Waals surface area contributed by atoms with Crippen LogP contribution in [0.2, 0.25) is 0 Å². The van der Waals surface area contributed by atoms with Crippen molar-refractivity contribution in [1.82, 2.24) is 14.3 Å². The first kappa shape index (κ1) is 12.6. The maximum absolute atomic E-state index is 5.76. The molecular weight excluding hydrogens is 236 g/mol. The predicted molar refractivity (Wildman–Crippen MR) is 77.0 cm³/mol. The first-order valence-corrected chi connectivity index (χ1v) is 7.18. The van der Waals surface area contributed by atoms with Crippen LogP contribution in [0.4, 0.5) is 0 Å². The average Bonchev–Trinajstić information content (AvgIpc) is 3.04. The van der Waals surface area contributed by atoms with Gasteiger partial charge in [0.25, 0.3) is 0 Å². The summed E-state index contributed by atoms with van der Waals surface area (Å²) in [4.78, 5) is 7.28. The van der Waals surface area contributed by atoms with Crippen LogP contribution >= 0.6 is 0 Å². The number of nitrogens with two attached hydrogens (primary N) is 1. The molecule has 0 amide bonds. The second kappa shape index (κ2) is 5.31. The molecule has 0 saturated carbocycles. The third kappa shape index (κ3) is 2.51. The zero-order valence-electron chi connectivity index (χ0n) is 11.5. The highest BCUT2D eigenvalue weighted by atomic mass is 15.1. The van der Waals surface area contributed by atoms with Gasteiger partial charge in [-0.15, -0.1) is 0 Å². The number of aromatic nitrogens is 2. The highest BCUT2D eigenvalue weighted by Gasteiger charge is 2.22. The summed E-state index contributed by atoms with van der Waals surface area (Å²) in [6, 6.07) is 4.09. The molecule has 4 heteroatoms. The lowest BCUT2D eigenvalue weighted by atomic mass is 10.0. The molecular formula is C15H22N4. The Morgan fingerprint density at radius 2 is 2.37 bits per heavy atom. The molecule has 0 bridgehead atoms. The van der Waals surface area contributed by atoms with Crippen LogP contribution in [-0.2, 0) is 13.0 Å². The van der Waals surface area contributed by atoms with Crippen molar-refractivity contribution in [2.45, 2.75) is 26.3 Å². The summed E-state index contributed by atoms with van der Waals surface area (Å²) in [5, 5.41) is 0. The van der Waals surface area contributed by atoms with Crippen molar-refractivity contribution in [3.05, 3.63) is 35.8 Å². The fourth-order valence-corrected chi connectivity index (χ4v) is 3.04. The van der Waals surface area contributed by atoms with E-state index < -0.39 is 0 Å². The van der Waals surface area contributed by atoms with Gasteiger partial charge in [-0.2, -0.15) is 0 Å². The standard InChI is InChI=1S/C15H22N4/c1-2-18-7-5-12(10-18)8-14-11-19-6-3-4-13(9-16)15(19)17-14/h3-4,6,11-12H,2,5,7-10,16H2,1H3. The molecule has 0 radical (unpaired) electrons. The minimum Gasteiger partial charge on any atom is -0.326 e. The molecule has 1 fully saturated rings. The zero-order chi connectivity index (χ0) is 13.2. The third-order valence-electron chi connectivity index (χ3n) is 4.15. The van der Waals surface area contributed by atoms with Crippen molar-refractivity contribution < 1.29 is 0 Å². The number of hydrogen-bond donors (Lipinski definition) is 1. The van der Waals surface area contributed by atoms with Gasteiger partial charge in [0, 0.05) is 31.0 Å². The molecule has 19 heavy (non-hydrogen) atoms. The Hall–Kier alpha value is -1.39. The number of nitrogens with zero attached hydrogens (tertiary/aromatic N) is 3. The van der Waals surface area contributed by atoms with Crippen LogP contribution in [0.1, 0.15) is 24.6 Å². The number of fused-ring (bicyclic) bond motifs is 1. The van der Waals surface area contributed by atoms with E-state index in [1.54, 1.807) is 0 Å². The highest BCUT2D eigenvalue weighted by molar-refractivity contribution is 5.48. The van der Waals surface area contributed by atoms with Crippen molar-refractivity contribution in [2.24, 2.45) is 11.7 Å². The summed E-state index contributed by atoms with van der Waals surface area (Å²) in [7, 11) is 0. The number of likely N-dealkylation sites (tertiary alicyclic amines) is 1. The molecule has 1 saturated heterocycles. The molecule has 0 aromatic carbocycles. The van der Waals surface area contributed by atoms with Crippen LogP contribution in [0.25, 0.3) is 5.65 Å². The molecule has 0 spiro atoms. The molecule has 2 aromatic rings. The van der Waals surface area contributed by atoms with E-state index in [1.165, 1.54) is 31.7 Å². The number of imidazole rings is 1. The van der Waals surface area contributed by atoms with Crippen molar-refractivity contribution in [3.63, 3.8) is 0 Å². The minimum atomic E-state index is 0.549. The van der Waals surface area contributed by atoms with Crippen LogP contribution in [0.15, 0.2) is 24.5 Å². The third-order valence-corrected chi connectivity index (χ3v) is 4.15. The first-order chi connectivity index (χ1) is 9.30. The molecule has 1 aliphatic rings. The fourth-order valence-electron chi connectivity index (χ4n) is 3.04. The Bertz CT molecular complexity index is 560. The smallest absolute Gasteiger partial charge is 0.141 e. The molecule has 1 unspecified atom stereocenters. The highest BCUT2D eigenvalue weighted by Crippen LogP contribution is 2.21. The average molecular weight is 258 g/mol. The van der Waals surface area contributed by atoms with E-state index >= 15 is 0 Å². The second-order valence-electron chi connectivity index (χ2n) is 5.45. The first-order valence-electron chi connectivity index (χ1n) is 7.18. The van der Waals surface area contributed by atoms with Gasteiger partial charge in [0.2, 0.25) is 0 Å². The molecule has 2 aromatic heterocycles. The maximum Gasteiger partial charge on any atom is 0.141 e. The van der Waals surface area contributed by atoms with E-state index in [4.69, 9.17) is 10.7 Å². The van der Waals surface area contributed by atoms with Gasteiger partial charge in [0.15, 0.2) is 0 Å². The SMILES string of the molecule is CCN1CCC(Cc2cn3cccc(CN)c3n2)C1. The largest absolute Gasteiger partial charge is 0.326 e. The van der Waals surface area contributed by atoms with E-state index in [0.29, 0.717) is 6.54 Å². The molecule has 1 atom stereocenters. The molecule has 2 N–H and O–H groups in total. The summed E-state index contributed by atoms with van der Waals surface area (Å²) in [6.07, 6.45) is 6.59. The van der Waals surface area contributed by atoms with E-state index in [-0.39, 0.29) is 0 Å². The molecule has 3 rings (SSSR count). The Kier molecular flexibility index (Phi) is 3.53. The maximum atomic E-state index is 5.76. The Morgan fingerprint density at radius 1 is 1.47 bits per heavy atom. The van der Waals surface area contributed by atoms with Crippen molar-refractivity contribution in [3.8, 4) is 0 Å². The second-order valence-corrected chi connectivity index (χ2v) is 5.45. The summed E-state index contributed by atoms with van der Waals surface area (Å²) >= 11 is 0. The number of rotatable bonds is 4. The quantitative estimate of drug-likeness (QED) is 0.907. The van der Waals surface area contributed by atoms with Crippen LogP contribution in [-0.4, -0.2) is 33.9 Å². The summed E-state index contributed by atoms with van der Waals surface area (Å²) in [6.45, 7) is 6.41. The molecule has 0 aliphatic carbocycles. The lowest BCUT2D eigenvalue weighted by molar-refractivity contribution is 0.341. The van der Waals surface area contributed by atoms with Crippen molar-refractivity contribution >= 4 is 5.65 Å². The molecule has 3 heterocycles. The van der Waals surface area contributed by atoms with Crippen LogP contribution in [0, 0.1) is 5.92 Å². The minimum absolute atomic E-state index is 0.549. The Labute approximate surface area is 114 Å². The van der Waals surface area contributed by atoms with Crippen LogP contribution < -0.4 is 5.73 Å². The Morgan fingerprint density at radius 3 is 3.11 bits per heavy atom. The molecule has 102 valence electrons. The van der Waals surface area contributed by atoms with Crippen LogP contribution in [0.3, 0.4) is 0 Å². The van der Waals surface area contributed by atoms with E-state index in [2.05, 4.69) is 34.7 Å². The van der Waals surface area contributed by atoms with Crippen molar-refractivity contribution in [1.29, 1.82) is 0 Å². The van der Waals surface area contributed by atoms with Crippen LogP contribution in [0.5, 0.6) is 0 Å².